The molecule has 12 heteroatoms. The largest absolute Gasteiger partial charge is 0.508 e. The van der Waals surface area contributed by atoms with Crippen LogP contribution in [0.25, 0.3) is 0 Å². The van der Waals surface area contributed by atoms with Crippen LogP contribution < -0.4 is 0 Å². The van der Waals surface area contributed by atoms with E-state index in [4.69, 9.17) is 27.5 Å². The molecule has 0 aliphatic rings. The minimum Gasteiger partial charge on any atom is -0.434 e. The summed E-state index contributed by atoms with van der Waals surface area (Å²) in [5.41, 5.74) is -0.757. The number of hydrogen-bond donors (Lipinski definition) is 1. The molecule has 3 unspecified atom stereocenters. The van der Waals surface area contributed by atoms with Crippen LogP contribution in [0.2, 0.25) is 19.1 Å². The number of carbonyl (C=O) groups excluding carboxylic acids is 2. The van der Waals surface area contributed by atoms with Gasteiger partial charge in [-0.2, -0.15) is 12.6 Å². The molecule has 3 atom stereocenters. The summed E-state index contributed by atoms with van der Waals surface area (Å²) in [5, 5.41) is 0.112. The van der Waals surface area contributed by atoms with Crippen molar-refractivity contribution in [2.75, 3.05) is 44.5 Å². The topological polar surface area (TPSA) is 89.5 Å². The summed E-state index contributed by atoms with van der Waals surface area (Å²) in [6, 6.07) is 0.755. The van der Waals surface area contributed by atoms with E-state index >= 15 is 0 Å². The molecule has 0 aromatic carbocycles. The van der Waals surface area contributed by atoms with Crippen molar-refractivity contribution >= 4 is 54.0 Å². The minimum absolute atomic E-state index is 0.0537. The van der Waals surface area contributed by atoms with Crippen LogP contribution in [-0.4, -0.2) is 79.9 Å². The lowest BCUT2D eigenvalue weighted by Gasteiger charge is -2.50. The first-order valence-corrected chi connectivity index (χ1v) is 19.9. The normalized spacial score (nSPS) is 16.8. The van der Waals surface area contributed by atoms with Gasteiger partial charge in [-0.05, 0) is 64.3 Å². The van der Waals surface area contributed by atoms with Crippen LogP contribution in [0.3, 0.4) is 0 Å². The molecule has 0 aliphatic heterocycles. The standard InChI is InChI=1S/C25H52O8S2Si2/c1-8-16-28-23(27)29-20-24(9-2,25(30-10-3,33-36-6)15-12-13-17-34)21-32-37(7,31-11-4)19-14-18-35-22(5)26/h34H,8-21,36H2,1-7H3. The van der Waals surface area contributed by atoms with Gasteiger partial charge in [0.1, 0.15) is 6.61 Å². The van der Waals surface area contributed by atoms with E-state index in [1.807, 2.05) is 20.8 Å². The van der Waals surface area contributed by atoms with Gasteiger partial charge in [-0.25, -0.2) is 4.79 Å². The van der Waals surface area contributed by atoms with Gasteiger partial charge in [-0.15, -0.1) is 0 Å². The molecule has 0 aliphatic carbocycles. The van der Waals surface area contributed by atoms with Crippen LogP contribution in [0.1, 0.15) is 73.1 Å². The highest BCUT2D eigenvalue weighted by Crippen LogP contribution is 2.44. The summed E-state index contributed by atoms with van der Waals surface area (Å²) in [6.45, 7) is 15.3. The molecule has 0 fully saturated rings. The van der Waals surface area contributed by atoms with Gasteiger partial charge in [0.05, 0.1) is 18.6 Å². The first-order valence-electron chi connectivity index (χ1n) is 13.7. The Morgan fingerprint density at radius 2 is 1.73 bits per heavy atom. The second-order valence-corrected chi connectivity index (χ2v) is 15.0. The zero-order valence-electron chi connectivity index (χ0n) is 24.2. The number of ether oxygens (including phenoxy) is 3. The van der Waals surface area contributed by atoms with Crippen LogP contribution in [0.5, 0.6) is 0 Å². The summed E-state index contributed by atoms with van der Waals surface area (Å²) in [4.78, 5) is 23.7. The van der Waals surface area contributed by atoms with Crippen LogP contribution in [0.4, 0.5) is 4.79 Å². The van der Waals surface area contributed by atoms with E-state index in [0.29, 0.717) is 39.1 Å². The average molecular weight is 601 g/mol. The van der Waals surface area contributed by atoms with Gasteiger partial charge >= 0.3 is 14.7 Å². The number of hydrogen-bond acceptors (Lipinski definition) is 10. The second-order valence-electron chi connectivity index (χ2n) is 9.12. The molecule has 0 heterocycles. The molecular weight excluding hydrogens is 549 g/mol. The van der Waals surface area contributed by atoms with Crippen molar-refractivity contribution in [3.05, 3.63) is 0 Å². The summed E-state index contributed by atoms with van der Waals surface area (Å²) in [5.74, 6) is 0.545. The lowest BCUT2D eigenvalue weighted by atomic mass is 9.75. The van der Waals surface area contributed by atoms with Crippen LogP contribution in [0, 0.1) is 5.41 Å². The molecule has 0 saturated carbocycles. The fourth-order valence-electron chi connectivity index (χ4n) is 4.24. The van der Waals surface area contributed by atoms with E-state index in [1.165, 1.54) is 11.8 Å². The Bertz CT molecular complexity index is 625. The molecule has 37 heavy (non-hydrogen) atoms. The predicted octanol–water partition coefficient (Wildman–Crippen LogP) is 5.72. The van der Waals surface area contributed by atoms with Crippen molar-refractivity contribution in [1.29, 1.82) is 0 Å². The summed E-state index contributed by atoms with van der Waals surface area (Å²) in [6.07, 6.45) is 3.89. The second kappa shape index (κ2) is 20.8. The summed E-state index contributed by atoms with van der Waals surface area (Å²) in [7, 11) is -3.49. The van der Waals surface area contributed by atoms with E-state index in [-0.39, 0.29) is 18.3 Å². The van der Waals surface area contributed by atoms with Gasteiger partial charge < -0.3 is 27.5 Å². The third kappa shape index (κ3) is 13.7. The molecule has 0 radical (unpaired) electrons. The maximum Gasteiger partial charge on any atom is 0.508 e. The van der Waals surface area contributed by atoms with Gasteiger partial charge in [0.15, 0.2) is 20.7 Å². The first-order chi connectivity index (χ1) is 17.6. The highest BCUT2D eigenvalue weighted by atomic mass is 32.2. The maximum absolute atomic E-state index is 12.4. The molecule has 0 amide bonds. The fraction of sp³-hybridized carbons (Fsp3) is 0.920. The molecule has 0 rings (SSSR count). The van der Waals surface area contributed by atoms with Gasteiger partial charge in [-0.3, -0.25) is 4.79 Å². The Kier molecular flexibility index (Phi) is 20.7. The zero-order valence-corrected chi connectivity index (χ0v) is 28.4. The Balaban J connectivity index is 6.14. The van der Waals surface area contributed by atoms with Crippen LogP contribution >= 0.6 is 24.4 Å². The molecule has 0 aromatic heterocycles. The van der Waals surface area contributed by atoms with Crippen molar-refractivity contribution in [2.45, 2.75) is 98.1 Å². The highest BCUT2D eigenvalue weighted by Gasteiger charge is 2.54. The fourth-order valence-corrected chi connectivity index (χ4v) is 8.68. The Hall–Kier alpha value is -0.0862. The van der Waals surface area contributed by atoms with E-state index in [2.05, 4.69) is 32.6 Å². The molecule has 0 saturated heterocycles. The lowest BCUT2D eigenvalue weighted by Crippen LogP contribution is -2.59. The number of thiol groups is 1. The smallest absolute Gasteiger partial charge is 0.434 e. The number of thioether (sulfide) groups is 1. The predicted molar refractivity (Wildman–Crippen MR) is 160 cm³/mol. The highest BCUT2D eigenvalue weighted by molar-refractivity contribution is 8.13. The Morgan fingerprint density at radius 1 is 1.00 bits per heavy atom. The molecular formula is C25H52O8S2Si2. The molecule has 0 bridgehead atoms. The molecule has 0 spiro atoms. The quantitative estimate of drug-likeness (QED) is 0.0520. The van der Waals surface area contributed by atoms with Gasteiger partial charge in [0.25, 0.3) is 0 Å². The Labute approximate surface area is 238 Å². The summed E-state index contributed by atoms with van der Waals surface area (Å²) >= 11 is 5.71. The van der Waals surface area contributed by atoms with Crippen molar-refractivity contribution in [1.82, 2.24) is 0 Å². The average Bonchev–Trinajstić information content (AvgIpc) is 2.86. The van der Waals surface area contributed by atoms with Gasteiger partial charge in [0.2, 0.25) is 0 Å². The van der Waals surface area contributed by atoms with E-state index in [0.717, 1.165) is 36.8 Å². The Morgan fingerprint density at radius 3 is 2.27 bits per heavy atom. The lowest BCUT2D eigenvalue weighted by molar-refractivity contribution is -0.278. The van der Waals surface area contributed by atoms with E-state index in [9.17, 15) is 9.59 Å². The molecule has 220 valence electrons. The monoisotopic (exact) mass is 600 g/mol. The summed E-state index contributed by atoms with van der Waals surface area (Å²) < 4.78 is 36.8. The number of unbranched alkanes of at least 4 members (excludes halogenated alkanes) is 1. The number of rotatable bonds is 23. The van der Waals surface area contributed by atoms with Crippen molar-refractivity contribution in [2.24, 2.45) is 5.41 Å². The SMILES string of the molecule is CCCOC(=O)OCC(CC)(CO[Si](C)(CCCSC(C)=O)OCC)C(CCCCS)(OCC)O[SiH2]C. The molecule has 0 N–H and O–H groups in total. The van der Waals surface area contributed by atoms with Gasteiger partial charge in [-0.1, -0.05) is 32.2 Å². The van der Waals surface area contributed by atoms with E-state index in [1.54, 1.807) is 6.92 Å². The molecule has 8 nitrogen and oxygen atoms in total. The van der Waals surface area contributed by atoms with E-state index < -0.39 is 35.7 Å². The van der Waals surface area contributed by atoms with Gasteiger partial charge in [0, 0.05) is 32.3 Å². The first kappa shape index (κ1) is 36.9. The minimum atomic E-state index is -2.60. The number of carbonyl (C=O) groups is 2. The molecule has 0 aromatic rings. The van der Waals surface area contributed by atoms with Crippen molar-refractivity contribution in [3.8, 4) is 0 Å². The third-order valence-corrected chi connectivity index (χ3v) is 11.1. The maximum atomic E-state index is 12.4. The van der Waals surface area contributed by atoms with Crippen molar-refractivity contribution in [3.63, 3.8) is 0 Å². The third-order valence-electron chi connectivity index (χ3n) is 6.23. The zero-order chi connectivity index (χ0) is 28.2. The van der Waals surface area contributed by atoms with Crippen LogP contribution in [-0.2, 0) is 32.3 Å². The van der Waals surface area contributed by atoms with Crippen LogP contribution in [0.15, 0.2) is 0 Å². The van der Waals surface area contributed by atoms with Crippen molar-refractivity contribution < 1.29 is 37.1 Å².